The van der Waals surface area contributed by atoms with Gasteiger partial charge in [0.05, 0.1) is 31.1 Å². The van der Waals surface area contributed by atoms with Crippen LogP contribution in [-0.4, -0.2) is 45.5 Å². The van der Waals surface area contributed by atoms with Crippen molar-refractivity contribution in [1.82, 2.24) is 5.32 Å². The van der Waals surface area contributed by atoms with Gasteiger partial charge in [-0.3, -0.25) is 0 Å². The second-order valence-electron chi connectivity index (χ2n) is 7.00. The highest BCUT2D eigenvalue weighted by atomic mass is 16.5. The molecule has 1 heterocycles. The third-order valence-electron chi connectivity index (χ3n) is 5.01. The molecule has 150 valence electrons. The average Bonchev–Trinajstić information content (AvgIpc) is 2.71. The smallest absolute Gasteiger partial charge is 0.319 e. The van der Waals surface area contributed by atoms with E-state index in [9.17, 15) is 4.79 Å². The number of urea groups is 1. The van der Waals surface area contributed by atoms with Crippen LogP contribution in [0.5, 0.6) is 5.75 Å². The van der Waals surface area contributed by atoms with Gasteiger partial charge in [-0.2, -0.15) is 0 Å². The van der Waals surface area contributed by atoms with Crippen molar-refractivity contribution in [2.45, 2.75) is 20.8 Å². The molecule has 2 aromatic carbocycles. The van der Waals surface area contributed by atoms with Crippen LogP contribution in [0.15, 0.2) is 36.4 Å². The Morgan fingerprint density at radius 1 is 1.07 bits per heavy atom. The topological polar surface area (TPSA) is 62.8 Å². The lowest BCUT2D eigenvalue weighted by Crippen LogP contribution is -2.37. The lowest BCUT2D eigenvalue weighted by atomic mass is 10.1. The highest BCUT2D eigenvalue weighted by Crippen LogP contribution is 2.27. The molecule has 1 saturated heterocycles. The minimum Gasteiger partial charge on any atom is -0.491 e. The van der Waals surface area contributed by atoms with Gasteiger partial charge in [-0.1, -0.05) is 24.3 Å². The van der Waals surface area contributed by atoms with Crippen LogP contribution in [0.2, 0.25) is 0 Å². The molecule has 1 aliphatic rings. The van der Waals surface area contributed by atoms with E-state index in [0.29, 0.717) is 26.4 Å². The van der Waals surface area contributed by atoms with Crippen LogP contribution in [0.3, 0.4) is 0 Å². The number of nitrogens with one attached hydrogen (secondary N) is 2. The second-order valence-corrected chi connectivity index (χ2v) is 7.00. The predicted molar refractivity (Wildman–Crippen MR) is 113 cm³/mol. The van der Waals surface area contributed by atoms with E-state index in [1.54, 1.807) is 0 Å². The van der Waals surface area contributed by atoms with Gasteiger partial charge in [0.2, 0.25) is 0 Å². The Labute approximate surface area is 166 Å². The van der Waals surface area contributed by atoms with Gasteiger partial charge in [0, 0.05) is 13.1 Å². The number of ether oxygens (including phenoxy) is 2. The van der Waals surface area contributed by atoms with Crippen LogP contribution in [0.25, 0.3) is 0 Å². The number of carbonyl (C=O) groups is 1. The summed E-state index contributed by atoms with van der Waals surface area (Å²) in [5, 5.41) is 5.82. The number of anilines is 2. The fourth-order valence-corrected chi connectivity index (χ4v) is 3.29. The highest BCUT2D eigenvalue weighted by molar-refractivity contribution is 5.93. The summed E-state index contributed by atoms with van der Waals surface area (Å²) in [6.45, 7) is 10.1. The number of para-hydroxylation sites is 2. The molecule has 3 rings (SSSR count). The number of benzene rings is 2. The van der Waals surface area contributed by atoms with Crippen LogP contribution in [0.1, 0.15) is 16.7 Å². The lowest BCUT2D eigenvalue weighted by molar-refractivity contribution is 0.123. The van der Waals surface area contributed by atoms with E-state index in [0.717, 1.165) is 41.3 Å². The van der Waals surface area contributed by atoms with E-state index in [2.05, 4.69) is 41.5 Å². The molecule has 1 fully saturated rings. The first-order valence-corrected chi connectivity index (χ1v) is 9.72. The van der Waals surface area contributed by atoms with Gasteiger partial charge in [-0.05, 0) is 49.6 Å². The minimum atomic E-state index is -0.234. The number of hydrogen-bond acceptors (Lipinski definition) is 4. The average molecular weight is 383 g/mol. The maximum Gasteiger partial charge on any atom is 0.319 e. The van der Waals surface area contributed by atoms with E-state index in [-0.39, 0.29) is 6.03 Å². The molecule has 2 N–H and O–H groups in total. The zero-order valence-electron chi connectivity index (χ0n) is 16.9. The number of rotatable bonds is 6. The van der Waals surface area contributed by atoms with Gasteiger partial charge in [0.1, 0.15) is 12.4 Å². The third-order valence-corrected chi connectivity index (χ3v) is 5.01. The highest BCUT2D eigenvalue weighted by Gasteiger charge is 2.15. The number of morpholine rings is 1. The van der Waals surface area contributed by atoms with Gasteiger partial charge >= 0.3 is 6.03 Å². The molecule has 2 aromatic rings. The quantitative estimate of drug-likeness (QED) is 0.748. The Kier molecular flexibility index (Phi) is 6.76. The molecule has 6 heteroatoms. The number of nitrogens with zero attached hydrogens (tertiary/aromatic N) is 1. The predicted octanol–water partition coefficient (Wildman–Crippen LogP) is 3.65. The van der Waals surface area contributed by atoms with Gasteiger partial charge in [-0.15, -0.1) is 0 Å². The van der Waals surface area contributed by atoms with Crippen molar-refractivity contribution in [3.05, 3.63) is 53.1 Å². The van der Waals surface area contributed by atoms with Crippen LogP contribution < -0.4 is 20.3 Å². The monoisotopic (exact) mass is 383 g/mol. The maximum atomic E-state index is 12.3. The van der Waals surface area contributed by atoms with Crippen molar-refractivity contribution < 1.29 is 14.3 Å². The van der Waals surface area contributed by atoms with Gasteiger partial charge in [0.15, 0.2) is 0 Å². The Balaban J connectivity index is 1.51. The fraction of sp³-hybridized carbons (Fsp3) is 0.409. The van der Waals surface area contributed by atoms with E-state index in [4.69, 9.17) is 9.47 Å². The summed E-state index contributed by atoms with van der Waals surface area (Å²) >= 11 is 0. The van der Waals surface area contributed by atoms with Gasteiger partial charge < -0.3 is 25.0 Å². The summed E-state index contributed by atoms with van der Waals surface area (Å²) in [5.74, 6) is 0.903. The summed E-state index contributed by atoms with van der Waals surface area (Å²) in [7, 11) is 0. The molecule has 0 radical (unpaired) electrons. The summed E-state index contributed by atoms with van der Waals surface area (Å²) in [5.41, 5.74) is 5.26. The summed E-state index contributed by atoms with van der Waals surface area (Å²) in [4.78, 5) is 14.6. The van der Waals surface area contributed by atoms with Gasteiger partial charge in [0.25, 0.3) is 0 Å². The van der Waals surface area contributed by atoms with E-state index in [1.165, 1.54) is 5.56 Å². The first-order valence-electron chi connectivity index (χ1n) is 9.72. The molecule has 0 aliphatic carbocycles. The Morgan fingerprint density at radius 3 is 2.57 bits per heavy atom. The molecular weight excluding hydrogens is 354 g/mol. The first kappa shape index (κ1) is 20.0. The molecular formula is C22H29N3O3. The van der Waals surface area contributed by atoms with Crippen molar-refractivity contribution >= 4 is 17.4 Å². The second kappa shape index (κ2) is 9.46. The molecule has 6 nitrogen and oxygen atoms in total. The zero-order chi connectivity index (χ0) is 19.9. The zero-order valence-corrected chi connectivity index (χ0v) is 16.9. The Morgan fingerprint density at radius 2 is 1.79 bits per heavy atom. The SMILES string of the molecule is Cc1ccc(C)c(OCCNC(=O)Nc2ccccc2N2CCOCC2)c1C. The number of hydrogen-bond donors (Lipinski definition) is 2. The summed E-state index contributed by atoms with van der Waals surface area (Å²) in [6, 6.07) is 11.8. The normalized spacial score (nSPS) is 13.9. The van der Waals surface area contributed by atoms with E-state index in [1.807, 2.05) is 31.2 Å². The van der Waals surface area contributed by atoms with Crippen molar-refractivity contribution in [2.24, 2.45) is 0 Å². The van der Waals surface area contributed by atoms with Crippen LogP contribution in [-0.2, 0) is 4.74 Å². The molecule has 1 aliphatic heterocycles. The molecule has 0 spiro atoms. The van der Waals surface area contributed by atoms with Crippen molar-refractivity contribution in [1.29, 1.82) is 0 Å². The van der Waals surface area contributed by atoms with Crippen molar-refractivity contribution in [3.63, 3.8) is 0 Å². The molecule has 0 bridgehead atoms. The molecule has 2 amide bonds. The Bertz CT molecular complexity index is 817. The molecule has 28 heavy (non-hydrogen) atoms. The van der Waals surface area contributed by atoms with E-state index >= 15 is 0 Å². The minimum absolute atomic E-state index is 0.234. The van der Waals surface area contributed by atoms with E-state index < -0.39 is 0 Å². The number of aryl methyl sites for hydroxylation is 2. The Hall–Kier alpha value is -2.73. The first-order chi connectivity index (χ1) is 13.6. The maximum absolute atomic E-state index is 12.3. The molecule has 0 saturated carbocycles. The third kappa shape index (κ3) is 4.95. The van der Waals surface area contributed by atoms with Crippen LogP contribution >= 0.6 is 0 Å². The van der Waals surface area contributed by atoms with Crippen LogP contribution in [0.4, 0.5) is 16.2 Å². The molecule has 0 unspecified atom stereocenters. The largest absolute Gasteiger partial charge is 0.491 e. The van der Waals surface area contributed by atoms with Crippen LogP contribution in [0, 0.1) is 20.8 Å². The number of carbonyl (C=O) groups excluding carboxylic acids is 1. The molecule has 0 aromatic heterocycles. The molecule has 0 atom stereocenters. The lowest BCUT2D eigenvalue weighted by Gasteiger charge is -2.30. The van der Waals surface area contributed by atoms with Crippen molar-refractivity contribution in [2.75, 3.05) is 49.7 Å². The number of amides is 2. The fourth-order valence-electron chi connectivity index (χ4n) is 3.29. The summed E-state index contributed by atoms with van der Waals surface area (Å²) in [6.07, 6.45) is 0. The summed E-state index contributed by atoms with van der Waals surface area (Å²) < 4.78 is 11.3. The standard InChI is InChI=1S/C22H29N3O3/c1-16-8-9-17(2)21(18(16)3)28-13-10-23-22(26)24-19-6-4-5-7-20(19)25-11-14-27-15-12-25/h4-9H,10-15H2,1-3H3,(H2,23,24,26). The van der Waals surface area contributed by atoms with Gasteiger partial charge in [-0.25, -0.2) is 4.79 Å². The van der Waals surface area contributed by atoms with Crippen molar-refractivity contribution in [3.8, 4) is 5.75 Å².